The largest absolute Gasteiger partial charge is 0.296 e. The van der Waals surface area contributed by atoms with E-state index in [2.05, 4.69) is 4.98 Å². The maximum absolute atomic E-state index is 12.6. The first-order valence-electron chi connectivity index (χ1n) is 2.62. The molecular formula is C6H2ClF2NO. The summed E-state index contributed by atoms with van der Waals surface area (Å²) in [5.74, 6) is -1.97. The molecule has 0 aliphatic heterocycles. The monoisotopic (exact) mass is 177 g/mol. The van der Waals surface area contributed by atoms with E-state index in [9.17, 15) is 13.6 Å². The predicted molar refractivity (Wildman–Crippen MR) is 34.6 cm³/mol. The number of aromatic nitrogens is 1. The molecule has 1 heterocycles. The van der Waals surface area contributed by atoms with Gasteiger partial charge in [0.15, 0.2) is 12.1 Å². The molecule has 0 radical (unpaired) electrons. The molecule has 0 aliphatic carbocycles. The molecule has 0 aromatic carbocycles. The van der Waals surface area contributed by atoms with Crippen molar-refractivity contribution in [1.82, 2.24) is 4.98 Å². The van der Waals surface area contributed by atoms with Gasteiger partial charge in [0, 0.05) is 6.07 Å². The van der Waals surface area contributed by atoms with Crippen LogP contribution in [0.3, 0.4) is 0 Å². The minimum Gasteiger partial charge on any atom is -0.296 e. The SMILES string of the molecule is O=Cc1nc(F)cc(Cl)c1F. The van der Waals surface area contributed by atoms with Gasteiger partial charge in [0.1, 0.15) is 5.69 Å². The lowest BCUT2D eigenvalue weighted by Crippen LogP contribution is -1.96. The van der Waals surface area contributed by atoms with E-state index in [4.69, 9.17) is 11.6 Å². The fourth-order valence-corrected chi connectivity index (χ4v) is 0.752. The maximum atomic E-state index is 12.6. The van der Waals surface area contributed by atoms with E-state index in [1.54, 1.807) is 0 Å². The Hall–Kier alpha value is -1.03. The zero-order chi connectivity index (χ0) is 8.43. The summed E-state index contributed by atoms with van der Waals surface area (Å²) < 4.78 is 24.9. The molecule has 0 saturated carbocycles. The summed E-state index contributed by atoms with van der Waals surface area (Å²) in [6.07, 6.45) is 0.101. The normalized spacial score (nSPS) is 9.73. The summed E-state index contributed by atoms with van der Waals surface area (Å²) in [5.41, 5.74) is -0.616. The maximum Gasteiger partial charge on any atom is 0.215 e. The van der Waals surface area contributed by atoms with Gasteiger partial charge >= 0.3 is 0 Å². The number of carbonyl (C=O) groups excluding carboxylic acids is 1. The Kier molecular flexibility index (Phi) is 2.14. The van der Waals surface area contributed by atoms with E-state index in [0.29, 0.717) is 6.07 Å². The van der Waals surface area contributed by atoms with Crippen LogP contribution >= 0.6 is 11.6 Å². The lowest BCUT2D eigenvalue weighted by atomic mass is 10.3. The van der Waals surface area contributed by atoms with Crippen molar-refractivity contribution >= 4 is 17.9 Å². The lowest BCUT2D eigenvalue weighted by molar-refractivity contribution is 0.111. The van der Waals surface area contributed by atoms with Crippen molar-refractivity contribution in [2.24, 2.45) is 0 Å². The van der Waals surface area contributed by atoms with Crippen molar-refractivity contribution in [3.05, 3.63) is 28.5 Å². The molecule has 2 nitrogen and oxygen atoms in total. The van der Waals surface area contributed by atoms with E-state index in [1.807, 2.05) is 0 Å². The van der Waals surface area contributed by atoms with E-state index in [0.717, 1.165) is 0 Å². The second-order valence-corrected chi connectivity index (χ2v) is 2.15. The highest BCUT2D eigenvalue weighted by atomic mass is 35.5. The van der Waals surface area contributed by atoms with E-state index in [1.165, 1.54) is 0 Å². The molecule has 58 valence electrons. The van der Waals surface area contributed by atoms with Crippen LogP contribution in [-0.4, -0.2) is 11.3 Å². The number of aldehydes is 1. The van der Waals surface area contributed by atoms with Gasteiger partial charge in [-0.15, -0.1) is 0 Å². The Bertz CT molecular complexity index is 303. The highest BCUT2D eigenvalue weighted by Gasteiger charge is 2.09. The van der Waals surface area contributed by atoms with Crippen LogP contribution in [0.4, 0.5) is 8.78 Å². The van der Waals surface area contributed by atoms with Crippen LogP contribution in [0.2, 0.25) is 5.02 Å². The number of halogens is 3. The highest BCUT2D eigenvalue weighted by Crippen LogP contribution is 2.15. The number of carbonyl (C=O) groups is 1. The molecule has 1 aromatic heterocycles. The minimum atomic E-state index is -0.997. The lowest BCUT2D eigenvalue weighted by Gasteiger charge is -1.95. The Morgan fingerprint density at radius 2 is 2.18 bits per heavy atom. The molecule has 0 fully saturated rings. The standard InChI is InChI=1S/C6H2ClF2NO/c7-3-1-5(8)10-4(2-11)6(3)9/h1-2H. The van der Waals surface area contributed by atoms with Crippen molar-refractivity contribution in [1.29, 1.82) is 0 Å². The first-order chi connectivity index (χ1) is 5.15. The number of hydrogen-bond donors (Lipinski definition) is 0. The molecular weight excluding hydrogens is 176 g/mol. The van der Waals surface area contributed by atoms with Crippen LogP contribution in [0.5, 0.6) is 0 Å². The quantitative estimate of drug-likeness (QED) is 0.484. The molecule has 5 heteroatoms. The van der Waals surface area contributed by atoms with Gasteiger partial charge in [-0.05, 0) is 0 Å². The molecule has 0 amide bonds. The van der Waals surface area contributed by atoms with Gasteiger partial charge in [0.25, 0.3) is 0 Å². The second kappa shape index (κ2) is 2.92. The number of rotatable bonds is 1. The smallest absolute Gasteiger partial charge is 0.215 e. The summed E-state index contributed by atoms with van der Waals surface area (Å²) in [6, 6.07) is 0.698. The van der Waals surface area contributed by atoms with Gasteiger partial charge in [0.2, 0.25) is 5.95 Å². The summed E-state index contributed by atoms with van der Waals surface area (Å²) in [7, 11) is 0. The fraction of sp³-hybridized carbons (Fsp3) is 0. The number of nitrogens with zero attached hydrogens (tertiary/aromatic N) is 1. The molecule has 0 N–H and O–H groups in total. The molecule has 1 aromatic rings. The zero-order valence-corrected chi connectivity index (χ0v) is 5.90. The second-order valence-electron chi connectivity index (χ2n) is 1.74. The Labute approximate surface area is 65.8 Å². The van der Waals surface area contributed by atoms with Gasteiger partial charge in [-0.2, -0.15) is 4.39 Å². The molecule has 0 aliphatic rings. The van der Waals surface area contributed by atoms with Gasteiger partial charge in [-0.1, -0.05) is 11.6 Å². The first-order valence-corrected chi connectivity index (χ1v) is 2.99. The summed E-state index contributed by atoms with van der Waals surface area (Å²) >= 11 is 5.18. The molecule has 1 rings (SSSR count). The predicted octanol–water partition coefficient (Wildman–Crippen LogP) is 1.83. The third-order valence-corrected chi connectivity index (χ3v) is 1.29. The average Bonchev–Trinajstić information content (AvgIpc) is 1.96. The van der Waals surface area contributed by atoms with Gasteiger partial charge in [-0.25, -0.2) is 9.37 Å². The zero-order valence-electron chi connectivity index (χ0n) is 5.14. The van der Waals surface area contributed by atoms with Crippen LogP contribution < -0.4 is 0 Å². The molecule has 0 saturated heterocycles. The Morgan fingerprint density at radius 1 is 1.55 bits per heavy atom. The van der Waals surface area contributed by atoms with Crippen molar-refractivity contribution in [3.8, 4) is 0 Å². The fourth-order valence-electron chi connectivity index (χ4n) is 0.565. The Balaban J connectivity index is 3.35. The summed E-state index contributed by atoms with van der Waals surface area (Å²) in [6.45, 7) is 0. The summed E-state index contributed by atoms with van der Waals surface area (Å²) in [4.78, 5) is 13.0. The average molecular weight is 178 g/mol. The van der Waals surface area contributed by atoms with Crippen molar-refractivity contribution < 1.29 is 13.6 Å². The van der Waals surface area contributed by atoms with Crippen molar-refractivity contribution in [2.75, 3.05) is 0 Å². The number of hydrogen-bond acceptors (Lipinski definition) is 2. The number of pyridine rings is 1. The molecule has 0 atom stereocenters. The van der Waals surface area contributed by atoms with Gasteiger partial charge in [-0.3, -0.25) is 4.79 Å². The van der Waals surface area contributed by atoms with Crippen LogP contribution in [0.25, 0.3) is 0 Å². The van der Waals surface area contributed by atoms with Crippen molar-refractivity contribution in [3.63, 3.8) is 0 Å². The van der Waals surface area contributed by atoms with E-state index < -0.39 is 22.5 Å². The molecule has 11 heavy (non-hydrogen) atoms. The highest BCUT2D eigenvalue weighted by molar-refractivity contribution is 6.30. The molecule has 0 spiro atoms. The van der Waals surface area contributed by atoms with E-state index in [-0.39, 0.29) is 6.29 Å². The van der Waals surface area contributed by atoms with Gasteiger partial charge in [0.05, 0.1) is 5.02 Å². The first kappa shape index (κ1) is 8.07. The summed E-state index contributed by atoms with van der Waals surface area (Å²) in [5, 5.41) is -0.445. The van der Waals surface area contributed by atoms with Crippen LogP contribution in [0.15, 0.2) is 6.07 Å². The van der Waals surface area contributed by atoms with Gasteiger partial charge < -0.3 is 0 Å². The molecule has 0 unspecified atom stereocenters. The van der Waals surface area contributed by atoms with Crippen molar-refractivity contribution in [2.45, 2.75) is 0 Å². The van der Waals surface area contributed by atoms with Crippen LogP contribution in [-0.2, 0) is 0 Å². The van der Waals surface area contributed by atoms with Crippen LogP contribution in [0.1, 0.15) is 10.5 Å². The topological polar surface area (TPSA) is 30.0 Å². The third kappa shape index (κ3) is 1.51. The van der Waals surface area contributed by atoms with Crippen LogP contribution in [0, 0.1) is 11.8 Å². The Morgan fingerprint density at radius 3 is 2.73 bits per heavy atom. The van der Waals surface area contributed by atoms with E-state index >= 15 is 0 Å². The molecule has 0 bridgehead atoms. The third-order valence-electron chi connectivity index (χ3n) is 1.02. The minimum absolute atomic E-state index is 0.101.